The molecule has 2 N–H and O–H groups in total. The number of aliphatic hydroxyl groups is 1. The van der Waals surface area contributed by atoms with Gasteiger partial charge in [0.15, 0.2) is 9.84 Å². The van der Waals surface area contributed by atoms with Crippen molar-refractivity contribution in [2.75, 3.05) is 54.7 Å². The van der Waals surface area contributed by atoms with E-state index < -0.39 is 39.8 Å². The van der Waals surface area contributed by atoms with Crippen molar-refractivity contribution in [1.29, 1.82) is 0 Å². The van der Waals surface area contributed by atoms with Crippen LogP contribution in [-0.4, -0.2) is 86.8 Å². The third-order valence-corrected chi connectivity index (χ3v) is 10.2. The molecule has 6 rings (SSSR count). The summed E-state index contributed by atoms with van der Waals surface area (Å²) in [4.78, 5) is 33.8. The Morgan fingerprint density at radius 1 is 0.841 bits per heavy atom. The van der Waals surface area contributed by atoms with E-state index in [1.807, 2.05) is 24.3 Å². The first-order valence-corrected chi connectivity index (χ1v) is 17.1. The molecule has 230 valence electrons. The predicted octanol–water partition coefficient (Wildman–Crippen LogP) is 3.46. The SMILES string of the molecule is CN1CCN(c2ccc(N3C(=O)[C@@H]4[C@@H](C=C[C@H]([C@H](O)c5ccc(Br)cc5)N4Nc4ccc(S(C)(=O)=O)cc4)C3=O)cc2)CC1. The van der Waals surface area contributed by atoms with Crippen molar-refractivity contribution >= 4 is 54.6 Å². The second kappa shape index (κ2) is 12.1. The minimum absolute atomic E-state index is 0.157. The van der Waals surface area contributed by atoms with Crippen LogP contribution in [0.1, 0.15) is 11.7 Å². The molecule has 10 nitrogen and oxygen atoms in total. The molecule has 12 heteroatoms. The molecule has 3 aromatic carbocycles. The van der Waals surface area contributed by atoms with Crippen LogP contribution in [0.25, 0.3) is 0 Å². The van der Waals surface area contributed by atoms with E-state index in [0.29, 0.717) is 16.9 Å². The maximum atomic E-state index is 14.1. The number of hydrogen-bond acceptors (Lipinski definition) is 9. The molecule has 0 radical (unpaired) electrons. The van der Waals surface area contributed by atoms with Crippen LogP contribution in [0, 0.1) is 5.92 Å². The molecular weight excluding hydrogens is 646 g/mol. The molecule has 0 aliphatic carbocycles. The fourth-order valence-corrected chi connectivity index (χ4v) is 6.88. The van der Waals surface area contributed by atoms with Crippen molar-refractivity contribution in [1.82, 2.24) is 9.91 Å². The van der Waals surface area contributed by atoms with Crippen LogP contribution in [0.2, 0.25) is 0 Å². The summed E-state index contributed by atoms with van der Waals surface area (Å²) in [5.74, 6) is -1.54. The molecule has 3 aromatic rings. The minimum Gasteiger partial charge on any atom is -0.386 e. The van der Waals surface area contributed by atoms with Gasteiger partial charge in [0.2, 0.25) is 5.91 Å². The van der Waals surface area contributed by atoms with E-state index in [-0.39, 0.29) is 10.8 Å². The van der Waals surface area contributed by atoms with Gasteiger partial charge in [-0.1, -0.05) is 40.2 Å². The summed E-state index contributed by atoms with van der Waals surface area (Å²) in [6, 6.07) is 19.2. The second-order valence-electron chi connectivity index (χ2n) is 11.5. The van der Waals surface area contributed by atoms with E-state index in [4.69, 9.17) is 0 Å². The fourth-order valence-electron chi connectivity index (χ4n) is 5.99. The second-order valence-corrected chi connectivity index (χ2v) is 14.4. The highest BCUT2D eigenvalue weighted by atomic mass is 79.9. The summed E-state index contributed by atoms with van der Waals surface area (Å²) in [5, 5.41) is 13.1. The number of hydrazine groups is 1. The number of halogens is 1. The summed E-state index contributed by atoms with van der Waals surface area (Å²) >= 11 is 3.42. The molecule has 0 aromatic heterocycles. The molecule has 2 fully saturated rings. The van der Waals surface area contributed by atoms with Crippen molar-refractivity contribution in [2.45, 2.75) is 23.1 Å². The number of nitrogens with zero attached hydrogens (tertiary/aromatic N) is 4. The van der Waals surface area contributed by atoms with Gasteiger partial charge in [-0.25, -0.2) is 18.3 Å². The average molecular weight is 681 g/mol. The number of hydrogen-bond donors (Lipinski definition) is 2. The highest BCUT2D eigenvalue weighted by Crippen LogP contribution is 2.38. The number of nitrogens with one attached hydrogen (secondary N) is 1. The first-order valence-electron chi connectivity index (χ1n) is 14.4. The van der Waals surface area contributed by atoms with Gasteiger partial charge < -0.3 is 20.3 Å². The van der Waals surface area contributed by atoms with Crippen molar-refractivity contribution in [3.63, 3.8) is 0 Å². The zero-order chi connectivity index (χ0) is 31.2. The Labute approximate surface area is 265 Å². The molecule has 2 saturated heterocycles. The molecule has 0 spiro atoms. The summed E-state index contributed by atoms with van der Waals surface area (Å²) in [7, 11) is -1.30. The minimum atomic E-state index is -3.40. The van der Waals surface area contributed by atoms with Crippen molar-refractivity contribution in [2.24, 2.45) is 5.92 Å². The first kappa shape index (κ1) is 30.5. The normalized spacial score (nSPS) is 23.6. The number of benzene rings is 3. The number of piperazine rings is 1. The third-order valence-electron chi connectivity index (χ3n) is 8.51. The summed E-state index contributed by atoms with van der Waals surface area (Å²) in [5.41, 5.74) is 5.90. The molecule has 3 heterocycles. The van der Waals surface area contributed by atoms with Gasteiger partial charge in [-0.15, -0.1) is 0 Å². The zero-order valence-electron chi connectivity index (χ0n) is 24.4. The van der Waals surface area contributed by atoms with Crippen LogP contribution in [0.5, 0.6) is 0 Å². The van der Waals surface area contributed by atoms with Crippen molar-refractivity contribution in [3.8, 4) is 0 Å². The van der Waals surface area contributed by atoms with Crippen LogP contribution < -0.4 is 15.2 Å². The third kappa shape index (κ3) is 5.92. The lowest BCUT2D eigenvalue weighted by molar-refractivity contribution is -0.123. The monoisotopic (exact) mass is 679 g/mol. The number of anilines is 3. The molecule has 3 aliphatic heterocycles. The fraction of sp³-hybridized carbons (Fsp3) is 0.312. The standard InChI is InChI=1S/C32H34BrN5O5S/c1-35-17-19-36(20-18-35)24-9-11-25(12-10-24)37-31(40)27-15-16-28(30(39)21-3-5-22(33)6-4-21)38(29(27)32(37)41)34-23-7-13-26(14-8-23)44(2,42)43/h3-16,27-30,34,39H,17-20H2,1-2H3/t27-,28-,29+,30-/m1/s1. The smallest absolute Gasteiger partial charge is 0.254 e. The van der Waals surface area contributed by atoms with Crippen LogP contribution in [0.15, 0.2) is 94.3 Å². The molecule has 44 heavy (non-hydrogen) atoms. The van der Waals surface area contributed by atoms with Crippen LogP contribution in [-0.2, 0) is 19.4 Å². The Morgan fingerprint density at radius 2 is 1.45 bits per heavy atom. The molecule has 4 atom stereocenters. The average Bonchev–Trinajstić information content (AvgIpc) is 3.27. The molecule has 0 bridgehead atoms. The first-order chi connectivity index (χ1) is 21.0. The van der Waals surface area contributed by atoms with Crippen LogP contribution in [0.3, 0.4) is 0 Å². The Kier molecular flexibility index (Phi) is 8.38. The summed E-state index contributed by atoms with van der Waals surface area (Å²) in [6.45, 7) is 3.74. The summed E-state index contributed by atoms with van der Waals surface area (Å²) in [6.07, 6.45) is 3.55. The molecule has 0 unspecified atom stereocenters. The molecule has 0 saturated carbocycles. The maximum Gasteiger partial charge on any atom is 0.254 e. The van der Waals surface area contributed by atoms with Gasteiger partial charge in [0.1, 0.15) is 6.04 Å². The van der Waals surface area contributed by atoms with Gasteiger partial charge in [-0.3, -0.25) is 9.59 Å². The number of carbonyl (C=O) groups excluding carboxylic acids is 2. The van der Waals surface area contributed by atoms with Gasteiger partial charge in [0, 0.05) is 48.3 Å². The Bertz CT molecular complexity index is 1670. The van der Waals surface area contributed by atoms with Crippen molar-refractivity contribution in [3.05, 3.63) is 95.0 Å². The lowest BCUT2D eigenvalue weighted by atomic mass is 9.90. The number of rotatable bonds is 7. The van der Waals surface area contributed by atoms with Gasteiger partial charge in [0.25, 0.3) is 5.91 Å². The van der Waals surface area contributed by atoms with E-state index in [9.17, 15) is 23.1 Å². The number of aliphatic hydroxyl groups excluding tert-OH is 1. The number of sulfone groups is 1. The maximum absolute atomic E-state index is 14.1. The summed E-state index contributed by atoms with van der Waals surface area (Å²) < 4.78 is 24.9. The van der Waals surface area contributed by atoms with E-state index in [0.717, 1.165) is 42.6 Å². The lowest BCUT2D eigenvalue weighted by Crippen LogP contribution is -2.55. The number of imide groups is 1. The van der Waals surface area contributed by atoms with Crippen LogP contribution >= 0.6 is 15.9 Å². The van der Waals surface area contributed by atoms with E-state index >= 15 is 0 Å². The zero-order valence-corrected chi connectivity index (χ0v) is 26.8. The Morgan fingerprint density at radius 3 is 2.07 bits per heavy atom. The highest BCUT2D eigenvalue weighted by molar-refractivity contribution is 9.10. The van der Waals surface area contributed by atoms with Gasteiger partial charge in [-0.2, -0.15) is 0 Å². The number of likely N-dealkylation sites (N-methyl/N-ethyl adjacent to an activating group) is 1. The number of fused-ring (bicyclic) bond motifs is 1. The molecular formula is C32H34BrN5O5S. The Hall–Kier alpha value is -3.55. The molecule has 3 aliphatic rings. The lowest BCUT2D eigenvalue weighted by Gasteiger charge is -2.40. The van der Waals surface area contributed by atoms with E-state index in [2.05, 4.69) is 38.2 Å². The van der Waals surface area contributed by atoms with E-state index in [1.54, 1.807) is 53.6 Å². The topological polar surface area (TPSA) is 114 Å². The number of amides is 2. The highest BCUT2D eigenvalue weighted by Gasteiger charge is 2.54. The largest absolute Gasteiger partial charge is 0.386 e. The van der Waals surface area contributed by atoms with E-state index in [1.165, 1.54) is 17.0 Å². The van der Waals surface area contributed by atoms with Crippen molar-refractivity contribution < 1.29 is 23.1 Å². The predicted molar refractivity (Wildman–Crippen MR) is 173 cm³/mol. The number of carbonyl (C=O) groups is 2. The van der Waals surface area contributed by atoms with Gasteiger partial charge >= 0.3 is 0 Å². The molecule has 2 amide bonds. The van der Waals surface area contributed by atoms with Gasteiger partial charge in [-0.05, 0) is 73.3 Å². The quantitative estimate of drug-likeness (QED) is 0.286. The van der Waals surface area contributed by atoms with Crippen LogP contribution in [0.4, 0.5) is 17.1 Å². The Balaban J connectivity index is 1.31. The van der Waals surface area contributed by atoms with Gasteiger partial charge in [0.05, 0.1) is 28.6 Å².